The Morgan fingerprint density at radius 3 is 1.86 bits per heavy atom. The molecule has 0 amide bonds. The summed E-state index contributed by atoms with van der Waals surface area (Å²) in [5.41, 5.74) is 0. The fraction of sp³-hybridized carbons (Fsp3) is 0.833. The minimum Gasteiger partial charge on any atom is -0.0969 e. The predicted octanol–water partition coefficient (Wildman–Crippen LogP) is 4.54. The summed E-state index contributed by atoms with van der Waals surface area (Å²) in [6.45, 7) is 10.7. The van der Waals surface area contributed by atoms with Crippen LogP contribution in [0.15, 0.2) is 0 Å². The lowest BCUT2D eigenvalue weighted by molar-refractivity contribution is 0.677. The molecule has 0 saturated heterocycles. The molecule has 14 heavy (non-hydrogen) atoms. The molecule has 0 aromatic heterocycles. The van der Waals surface area contributed by atoms with Gasteiger partial charge in [-0.05, 0) is 32.6 Å². The summed E-state index contributed by atoms with van der Waals surface area (Å²) in [6, 6.07) is 0. The Kier molecular flexibility index (Phi) is 5.71. The molecule has 0 nitrogen and oxygen atoms in total. The standard InChI is InChI=1S/C12H27P2/c1-8-12(4,5)13(6)11-14(7,9-2)10-3/h6-11H2,1-5H3/q+1. The van der Waals surface area contributed by atoms with Gasteiger partial charge < -0.3 is 0 Å². The molecule has 0 aromatic rings. The van der Waals surface area contributed by atoms with Crippen molar-refractivity contribution in [2.45, 2.75) is 46.2 Å². The van der Waals surface area contributed by atoms with E-state index in [9.17, 15) is 0 Å². The van der Waals surface area contributed by atoms with Crippen LogP contribution >= 0.6 is 14.4 Å². The Bertz CT molecular complexity index is 231. The Morgan fingerprint density at radius 2 is 1.57 bits per heavy atom. The highest BCUT2D eigenvalue weighted by Gasteiger charge is 2.32. The largest absolute Gasteiger partial charge is 0.123 e. The molecular formula is C12H27P2+. The Morgan fingerprint density at radius 1 is 1.14 bits per heavy atom. The highest BCUT2D eigenvalue weighted by atomic mass is 31.2. The van der Waals surface area contributed by atoms with Gasteiger partial charge in [-0.15, -0.1) is 0 Å². The molecule has 2 heteroatoms. The fourth-order valence-corrected chi connectivity index (χ4v) is 8.12. The molecule has 0 aliphatic rings. The van der Waals surface area contributed by atoms with Gasteiger partial charge in [0.25, 0.3) is 0 Å². The first-order valence-corrected chi connectivity index (χ1v) is 9.84. The lowest BCUT2D eigenvalue weighted by atomic mass is 10.1. The van der Waals surface area contributed by atoms with Gasteiger partial charge in [-0.2, -0.15) is 0 Å². The van der Waals surface area contributed by atoms with Crippen molar-refractivity contribution in [2.24, 2.45) is 0 Å². The summed E-state index contributed by atoms with van der Waals surface area (Å²) in [5.74, 6) is 1.33. The molecule has 0 fully saturated rings. The van der Waals surface area contributed by atoms with Crippen molar-refractivity contribution < 1.29 is 0 Å². The van der Waals surface area contributed by atoms with Gasteiger partial charge in [-0.1, -0.05) is 34.0 Å². The van der Waals surface area contributed by atoms with E-state index in [1.165, 1.54) is 24.6 Å². The highest BCUT2D eigenvalue weighted by Crippen LogP contribution is 2.56. The zero-order valence-corrected chi connectivity index (χ0v) is 12.4. The molecule has 0 radical (unpaired) electrons. The van der Waals surface area contributed by atoms with Crippen LogP contribution in [0.3, 0.4) is 0 Å². The molecule has 1 unspecified atom stereocenters. The molecule has 0 spiro atoms. The summed E-state index contributed by atoms with van der Waals surface area (Å²) >= 11 is 0. The normalized spacial score (nSPS) is 14.2. The topological polar surface area (TPSA) is 0 Å². The summed E-state index contributed by atoms with van der Waals surface area (Å²) in [7, 11) is -0.0867. The molecule has 1 atom stereocenters. The third-order valence-corrected chi connectivity index (χ3v) is 12.0. The summed E-state index contributed by atoms with van der Waals surface area (Å²) in [4.78, 5) is 0. The average molecular weight is 233 g/mol. The van der Waals surface area contributed by atoms with E-state index in [0.29, 0.717) is 5.16 Å². The summed E-state index contributed by atoms with van der Waals surface area (Å²) in [5, 5.41) is 0.447. The Labute approximate surface area is 91.9 Å². The van der Waals surface area contributed by atoms with Crippen molar-refractivity contribution in [3.8, 4) is 0 Å². The zero-order valence-electron chi connectivity index (χ0n) is 10.6. The maximum atomic E-state index is 4.48. The molecule has 0 N–H and O–H groups in total. The number of hydrogen-bond acceptors (Lipinski definition) is 0. The molecule has 0 rings (SSSR count). The molecule has 0 heterocycles. The van der Waals surface area contributed by atoms with Crippen molar-refractivity contribution >= 4 is 27.0 Å². The van der Waals surface area contributed by atoms with Gasteiger partial charge in [0, 0.05) is 0 Å². The fourth-order valence-electron chi connectivity index (χ4n) is 1.20. The van der Waals surface area contributed by atoms with E-state index in [1.807, 2.05) is 0 Å². The van der Waals surface area contributed by atoms with Crippen molar-refractivity contribution in [1.82, 2.24) is 0 Å². The van der Waals surface area contributed by atoms with Crippen LogP contribution in [-0.4, -0.2) is 36.0 Å². The van der Waals surface area contributed by atoms with Gasteiger partial charge in [0.2, 0.25) is 0 Å². The third kappa shape index (κ3) is 3.92. The zero-order chi connectivity index (χ0) is 11.4. The van der Waals surface area contributed by atoms with Gasteiger partial charge in [-0.3, -0.25) is 0 Å². The second kappa shape index (κ2) is 5.53. The van der Waals surface area contributed by atoms with Crippen molar-refractivity contribution in [2.75, 3.05) is 18.2 Å². The first kappa shape index (κ1) is 14.5. The van der Waals surface area contributed by atoms with Crippen LogP contribution in [-0.2, 0) is 0 Å². The minimum absolute atomic E-state index is 0.0867. The molecule has 0 bridgehead atoms. The quantitative estimate of drug-likeness (QED) is 0.591. The first-order chi connectivity index (χ1) is 6.31. The third-order valence-electron chi connectivity index (χ3n) is 3.53. The maximum absolute atomic E-state index is 4.48. The number of rotatable bonds is 6. The summed E-state index contributed by atoms with van der Waals surface area (Å²) in [6.07, 6.45) is 12.7. The van der Waals surface area contributed by atoms with Crippen LogP contribution in [0.4, 0.5) is 0 Å². The minimum atomic E-state index is -0.881. The van der Waals surface area contributed by atoms with E-state index in [0.717, 1.165) is 0 Å². The molecule has 0 aliphatic heterocycles. The van der Waals surface area contributed by atoms with Crippen LogP contribution in [0.2, 0.25) is 0 Å². The van der Waals surface area contributed by atoms with Gasteiger partial charge in [-0.25, -0.2) is 0 Å². The van der Waals surface area contributed by atoms with Crippen molar-refractivity contribution in [3.63, 3.8) is 0 Å². The van der Waals surface area contributed by atoms with Crippen LogP contribution in [0, 0.1) is 0 Å². The smallest absolute Gasteiger partial charge is 0.0969 e. The van der Waals surface area contributed by atoms with Crippen LogP contribution < -0.4 is 0 Å². The molecular weight excluding hydrogens is 206 g/mol. The van der Waals surface area contributed by atoms with E-state index in [4.69, 9.17) is 0 Å². The predicted molar refractivity (Wildman–Crippen MR) is 78.4 cm³/mol. The molecule has 0 aliphatic carbocycles. The van der Waals surface area contributed by atoms with Crippen molar-refractivity contribution in [1.29, 1.82) is 0 Å². The molecule has 0 aromatic carbocycles. The van der Waals surface area contributed by atoms with Crippen molar-refractivity contribution in [3.05, 3.63) is 0 Å². The second-order valence-corrected chi connectivity index (χ2v) is 12.2. The maximum Gasteiger partial charge on any atom is 0.123 e. The van der Waals surface area contributed by atoms with Gasteiger partial charge in [0.05, 0.1) is 13.8 Å². The molecule has 0 saturated carbocycles. The average Bonchev–Trinajstić information content (AvgIpc) is 2.17. The second-order valence-electron chi connectivity index (χ2n) is 4.82. The first-order valence-electron chi connectivity index (χ1n) is 5.60. The van der Waals surface area contributed by atoms with E-state index in [1.54, 1.807) is 0 Å². The number of hydrogen-bond donors (Lipinski definition) is 0. The van der Waals surface area contributed by atoms with Gasteiger partial charge in [0.15, 0.2) is 0 Å². The van der Waals surface area contributed by atoms with Crippen LogP contribution in [0.25, 0.3) is 0 Å². The van der Waals surface area contributed by atoms with Gasteiger partial charge in [0.1, 0.15) is 11.1 Å². The highest BCUT2D eigenvalue weighted by molar-refractivity contribution is 7.83. The Hall–Kier alpha value is 0.470. The molecule has 84 valence electrons. The van der Waals surface area contributed by atoms with Crippen LogP contribution in [0.5, 0.6) is 0 Å². The summed E-state index contributed by atoms with van der Waals surface area (Å²) < 4.78 is 0. The van der Waals surface area contributed by atoms with E-state index in [2.05, 4.69) is 47.2 Å². The lowest BCUT2D eigenvalue weighted by Crippen LogP contribution is -2.14. The van der Waals surface area contributed by atoms with E-state index >= 15 is 0 Å². The lowest BCUT2D eigenvalue weighted by Gasteiger charge is -2.22. The van der Waals surface area contributed by atoms with E-state index < -0.39 is 6.89 Å². The van der Waals surface area contributed by atoms with Crippen LogP contribution in [0.1, 0.15) is 41.0 Å². The van der Waals surface area contributed by atoms with Gasteiger partial charge >= 0.3 is 0 Å². The van der Waals surface area contributed by atoms with E-state index in [-0.39, 0.29) is 7.55 Å². The SMILES string of the molecule is C=[P+](CP(=C)(CC)CC)C(C)(C)CC. The Balaban J connectivity index is 4.54. The monoisotopic (exact) mass is 233 g/mol.